The van der Waals surface area contributed by atoms with Gasteiger partial charge in [0.25, 0.3) is 0 Å². The van der Waals surface area contributed by atoms with Gasteiger partial charge >= 0.3 is 0 Å². The number of aromatic nitrogens is 2. The normalized spacial score (nSPS) is 11.7. The maximum atomic E-state index is 2.47. The third-order valence-corrected chi connectivity index (χ3v) is 12.3. The van der Waals surface area contributed by atoms with Gasteiger partial charge in [0, 0.05) is 32.6 Å². The van der Waals surface area contributed by atoms with Gasteiger partial charge in [0.1, 0.15) is 0 Å². The highest BCUT2D eigenvalue weighted by molar-refractivity contribution is 6.14. The van der Waals surface area contributed by atoms with Crippen LogP contribution in [0.4, 0.5) is 0 Å². The molecule has 0 N–H and O–H groups in total. The van der Waals surface area contributed by atoms with Crippen molar-refractivity contribution in [3.8, 4) is 55.9 Å². The Balaban J connectivity index is 1.05. The first kappa shape index (κ1) is 34.1. The molecule has 0 aliphatic rings. The number of nitrogens with zero attached hydrogens (tertiary/aromatic N) is 2. The molecule has 12 rings (SSSR count). The predicted molar refractivity (Wildman–Crippen MR) is 254 cm³/mol. The zero-order chi connectivity index (χ0) is 39.6. The summed E-state index contributed by atoms with van der Waals surface area (Å²) in [6.45, 7) is 0. The first-order valence-corrected chi connectivity index (χ1v) is 20.7. The van der Waals surface area contributed by atoms with Crippen molar-refractivity contribution in [2.75, 3.05) is 0 Å². The van der Waals surface area contributed by atoms with E-state index in [1.54, 1.807) is 0 Å². The van der Waals surface area contributed by atoms with Crippen LogP contribution >= 0.6 is 0 Å². The van der Waals surface area contributed by atoms with Gasteiger partial charge in [-0.1, -0.05) is 176 Å². The van der Waals surface area contributed by atoms with Crippen molar-refractivity contribution in [2.24, 2.45) is 0 Å². The van der Waals surface area contributed by atoms with Gasteiger partial charge in [-0.2, -0.15) is 0 Å². The van der Waals surface area contributed by atoms with Gasteiger partial charge < -0.3 is 9.13 Å². The van der Waals surface area contributed by atoms with E-state index >= 15 is 0 Å². The summed E-state index contributed by atoms with van der Waals surface area (Å²) in [6.07, 6.45) is 0. The Bertz CT molecular complexity index is 3520. The van der Waals surface area contributed by atoms with Crippen molar-refractivity contribution >= 4 is 54.4 Å². The summed E-state index contributed by atoms with van der Waals surface area (Å²) in [7, 11) is 0. The van der Waals surface area contributed by atoms with Crippen molar-refractivity contribution in [1.82, 2.24) is 9.13 Å². The highest BCUT2D eigenvalue weighted by Crippen LogP contribution is 2.41. The Hall–Kier alpha value is -7.94. The molecule has 0 atom stereocenters. The molecule has 0 saturated heterocycles. The predicted octanol–water partition coefficient (Wildman–Crippen LogP) is 15.7. The van der Waals surface area contributed by atoms with Crippen molar-refractivity contribution in [3.63, 3.8) is 0 Å². The van der Waals surface area contributed by atoms with Crippen molar-refractivity contribution in [1.29, 1.82) is 0 Å². The summed E-state index contributed by atoms with van der Waals surface area (Å²) >= 11 is 0. The molecule has 0 fully saturated rings. The van der Waals surface area contributed by atoms with E-state index in [9.17, 15) is 0 Å². The maximum Gasteiger partial charge on any atom is 0.0547 e. The number of hydrogen-bond donors (Lipinski definition) is 0. The molecule has 0 aliphatic heterocycles. The second kappa shape index (κ2) is 13.9. The van der Waals surface area contributed by atoms with Crippen LogP contribution < -0.4 is 0 Å². The van der Waals surface area contributed by atoms with E-state index in [0.29, 0.717) is 0 Å². The van der Waals surface area contributed by atoms with E-state index in [4.69, 9.17) is 0 Å². The van der Waals surface area contributed by atoms with Crippen LogP contribution in [0.25, 0.3) is 110 Å². The van der Waals surface area contributed by atoms with Gasteiger partial charge in [-0.15, -0.1) is 0 Å². The molecule has 2 heterocycles. The third kappa shape index (κ3) is 5.50. The number of benzene rings is 10. The fraction of sp³-hybridized carbons (Fsp3) is 0. The second-order valence-corrected chi connectivity index (χ2v) is 15.7. The largest absolute Gasteiger partial charge is 0.309 e. The fourth-order valence-corrected chi connectivity index (χ4v) is 9.52. The molecular formula is C58H38N2. The Morgan fingerprint density at radius 2 is 0.700 bits per heavy atom. The molecule has 0 bridgehead atoms. The Kier molecular flexibility index (Phi) is 7.89. The molecular weight excluding hydrogens is 725 g/mol. The second-order valence-electron chi connectivity index (χ2n) is 15.7. The van der Waals surface area contributed by atoms with Gasteiger partial charge in [0.15, 0.2) is 0 Å². The minimum Gasteiger partial charge on any atom is -0.309 e. The smallest absolute Gasteiger partial charge is 0.0547 e. The van der Waals surface area contributed by atoms with Crippen LogP contribution in [0.1, 0.15) is 0 Å². The van der Waals surface area contributed by atoms with Crippen molar-refractivity contribution < 1.29 is 0 Å². The van der Waals surface area contributed by atoms with Crippen LogP contribution in [0.15, 0.2) is 231 Å². The number of fused-ring (bicyclic) bond motifs is 7. The molecule has 280 valence electrons. The van der Waals surface area contributed by atoms with Crippen molar-refractivity contribution in [3.05, 3.63) is 231 Å². The van der Waals surface area contributed by atoms with E-state index in [0.717, 1.165) is 5.69 Å². The van der Waals surface area contributed by atoms with E-state index in [2.05, 4.69) is 240 Å². The topological polar surface area (TPSA) is 9.86 Å². The maximum absolute atomic E-state index is 2.47. The zero-order valence-electron chi connectivity index (χ0n) is 32.8. The first-order chi connectivity index (χ1) is 29.8. The van der Waals surface area contributed by atoms with E-state index in [1.807, 2.05) is 0 Å². The SMILES string of the molecule is c1ccc(-c2cc(-c3ccccc3)cc(-n3c4ccccc4c4cc(-c5ccc6c7ccccc7n(-c7ccc(-c8ccccc8)c8ccccc78)c6c5)ccc43)c2)cc1. The van der Waals surface area contributed by atoms with Crippen LogP contribution in [0.2, 0.25) is 0 Å². The molecule has 12 aromatic rings. The molecule has 0 aliphatic carbocycles. The average Bonchev–Trinajstić information content (AvgIpc) is 3.84. The molecule has 60 heavy (non-hydrogen) atoms. The molecule has 2 aromatic heterocycles. The Labute approximate surface area is 348 Å². The van der Waals surface area contributed by atoms with Gasteiger partial charge in [-0.05, 0) is 104 Å². The van der Waals surface area contributed by atoms with Gasteiger partial charge in [-0.25, -0.2) is 0 Å². The summed E-state index contributed by atoms with van der Waals surface area (Å²) in [6, 6.07) is 84.2. The van der Waals surface area contributed by atoms with Crippen LogP contribution in [0, 0.1) is 0 Å². The standard InChI is InChI=1S/C58H38N2/c1-4-16-39(17-5-1)44-34-45(40-18-6-2-7-19-40)36-46(35-44)59-54-26-14-13-25-51(54)53-37-42(29-32-57(53)59)43-28-30-52-50-24-12-15-27-55(50)60(58(52)38-43)56-33-31-47(41-20-8-3-9-21-41)48-22-10-11-23-49(48)56/h1-38H. The summed E-state index contributed by atoms with van der Waals surface area (Å²) < 4.78 is 4.92. The molecule has 0 unspecified atom stereocenters. The third-order valence-electron chi connectivity index (χ3n) is 12.3. The highest BCUT2D eigenvalue weighted by Gasteiger charge is 2.19. The number of rotatable bonds is 6. The lowest BCUT2D eigenvalue weighted by atomic mass is 9.97. The monoisotopic (exact) mass is 762 g/mol. The van der Waals surface area contributed by atoms with E-state index in [1.165, 1.54) is 105 Å². The van der Waals surface area contributed by atoms with Gasteiger partial charge in [0.2, 0.25) is 0 Å². The van der Waals surface area contributed by atoms with Crippen LogP contribution in [-0.2, 0) is 0 Å². The zero-order valence-corrected chi connectivity index (χ0v) is 32.8. The molecule has 0 amide bonds. The average molecular weight is 763 g/mol. The van der Waals surface area contributed by atoms with Gasteiger partial charge in [0.05, 0.1) is 27.8 Å². The number of para-hydroxylation sites is 2. The lowest BCUT2D eigenvalue weighted by Crippen LogP contribution is -1.97. The summed E-state index contributed by atoms with van der Waals surface area (Å²) in [4.78, 5) is 0. The molecule has 0 saturated carbocycles. The van der Waals surface area contributed by atoms with E-state index < -0.39 is 0 Å². The summed E-state index contributed by atoms with van der Waals surface area (Å²) in [5.74, 6) is 0. The lowest BCUT2D eigenvalue weighted by molar-refractivity contribution is 1.18. The Morgan fingerprint density at radius 3 is 1.37 bits per heavy atom. The molecule has 10 aromatic carbocycles. The van der Waals surface area contributed by atoms with Crippen molar-refractivity contribution in [2.45, 2.75) is 0 Å². The lowest BCUT2D eigenvalue weighted by Gasteiger charge is -2.15. The molecule has 2 heteroatoms. The first-order valence-electron chi connectivity index (χ1n) is 20.7. The number of hydrogen-bond acceptors (Lipinski definition) is 0. The molecule has 0 spiro atoms. The van der Waals surface area contributed by atoms with E-state index in [-0.39, 0.29) is 0 Å². The Morgan fingerprint density at radius 1 is 0.217 bits per heavy atom. The highest BCUT2D eigenvalue weighted by atomic mass is 15.0. The van der Waals surface area contributed by atoms with Crippen LogP contribution in [0.5, 0.6) is 0 Å². The fourth-order valence-electron chi connectivity index (χ4n) is 9.52. The quantitative estimate of drug-likeness (QED) is 0.160. The van der Waals surface area contributed by atoms with Crippen LogP contribution in [-0.4, -0.2) is 9.13 Å². The van der Waals surface area contributed by atoms with Crippen LogP contribution in [0.3, 0.4) is 0 Å². The molecule has 0 radical (unpaired) electrons. The molecule has 2 nitrogen and oxygen atoms in total. The minimum atomic E-state index is 1.14. The summed E-state index contributed by atoms with van der Waals surface area (Å²) in [5, 5.41) is 7.44. The summed E-state index contributed by atoms with van der Waals surface area (Å²) in [5.41, 5.74) is 16.7. The van der Waals surface area contributed by atoms with Gasteiger partial charge in [-0.3, -0.25) is 0 Å². The minimum absolute atomic E-state index is 1.14.